The number of rotatable bonds is 5. The van der Waals surface area contributed by atoms with Crippen LogP contribution in [-0.2, 0) is 14.4 Å². The summed E-state index contributed by atoms with van der Waals surface area (Å²) >= 11 is 3.62. The first-order chi connectivity index (χ1) is 34.8. The van der Waals surface area contributed by atoms with Gasteiger partial charge in [-0.15, -0.1) is 0 Å². The molecule has 74 heavy (non-hydrogen) atoms. The summed E-state index contributed by atoms with van der Waals surface area (Å²) in [6.45, 7) is 28.2. The van der Waals surface area contributed by atoms with Gasteiger partial charge in [0, 0.05) is 42.3 Å². The number of fused-ring (bicyclic) bond motifs is 15. The average molecular weight is 1090 g/mol. The number of Topliss-reactive ketones (excluding diaryl/α,β-unsaturated/α-hetero) is 3. The van der Waals surface area contributed by atoms with Gasteiger partial charge in [0.2, 0.25) is 0 Å². The highest BCUT2D eigenvalue weighted by Gasteiger charge is 2.63. The number of carbonyl (C=O) groups is 3. The van der Waals surface area contributed by atoms with Gasteiger partial charge in [0.05, 0.1) is 23.4 Å². The minimum Gasteiger partial charge on any atom is -0.392 e. The van der Waals surface area contributed by atoms with Gasteiger partial charge < -0.3 is 20.4 Å². The van der Waals surface area contributed by atoms with Crippen molar-refractivity contribution in [2.45, 2.75) is 219 Å². The number of aliphatic hydroxyl groups excluding tert-OH is 1. The highest BCUT2D eigenvalue weighted by molar-refractivity contribution is 9.09. The molecule has 12 saturated carbocycles. The molecule has 0 aliphatic heterocycles. The largest absolute Gasteiger partial charge is 0.392 e. The molecule has 0 saturated heterocycles. The molecule has 0 amide bonds. The molecule has 12 aliphatic carbocycles. The van der Waals surface area contributed by atoms with E-state index in [0.717, 1.165) is 81.0 Å². The van der Waals surface area contributed by atoms with E-state index < -0.39 is 16.8 Å². The second-order valence-corrected chi connectivity index (χ2v) is 30.9. The fourth-order valence-corrected chi connectivity index (χ4v) is 23.1. The van der Waals surface area contributed by atoms with Gasteiger partial charge >= 0.3 is 0 Å². The fraction of sp³-hybridized carbons (Fsp3) is 0.864. The van der Waals surface area contributed by atoms with E-state index in [4.69, 9.17) is 0 Å². The molecular weight excluding hydrogens is 985 g/mol. The molecule has 12 aliphatic rings. The zero-order valence-corrected chi connectivity index (χ0v) is 48.9. The van der Waals surface area contributed by atoms with Crippen molar-refractivity contribution >= 4 is 33.3 Å². The summed E-state index contributed by atoms with van der Waals surface area (Å²) in [5.41, 5.74) is 2.75. The Balaban J connectivity index is 0.000000127. The summed E-state index contributed by atoms with van der Waals surface area (Å²) in [5.74, 6) is 10.8. The Bertz CT molecular complexity index is 2110. The molecule has 12 rings (SSSR count). The van der Waals surface area contributed by atoms with E-state index in [2.05, 4.69) is 63.4 Å². The van der Waals surface area contributed by atoms with Gasteiger partial charge in [-0.1, -0.05) is 67.6 Å². The first-order valence-electron chi connectivity index (χ1n) is 30.7. The number of aliphatic hydroxyl groups is 4. The second kappa shape index (κ2) is 20.3. The zero-order valence-electron chi connectivity index (χ0n) is 47.3. The van der Waals surface area contributed by atoms with Crippen LogP contribution >= 0.6 is 15.9 Å². The van der Waals surface area contributed by atoms with E-state index in [-0.39, 0.29) is 29.8 Å². The van der Waals surface area contributed by atoms with Crippen molar-refractivity contribution in [3.63, 3.8) is 0 Å². The standard InChI is InChI=1S/C22H33BrO2.C22H34O3.C22H34O2/c2*1-13(12-23)18-4-5-19-16-10-20(24)17-11-21(2,25)8-6-15(17)14(16)7-9-22(18,19)3;1-13(2)18-5-6-19-16-11-20(23)17-12-21(3,24)9-7-15(17)14(16)8-10-22(18,19)4/h14-19,25H,1,4-12H2,2-3H3;14-19,23,25H,1,4-12H2,2-3H3;14-19,24H,1,5-12H2,2-4H3/t3*14-,15-,16-,17+,18-,19+,21-,22-/m111/s1. The monoisotopic (exact) mass is 1080 g/mol. The van der Waals surface area contributed by atoms with Crippen molar-refractivity contribution in [1.82, 2.24) is 0 Å². The van der Waals surface area contributed by atoms with Crippen LogP contribution in [0.15, 0.2) is 36.5 Å². The average Bonchev–Trinajstić information content (AvgIpc) is 4.01. The molecule has 12 fully saturated rings. The van der Waals surface area contributed by atoms with Gasteiger partial charge in [0.1, 0.15) is 17.3 Å². The summed E-state index contributed by atoms with van der Waals surface area (Å²) in [7, 11) is 0. The third-order valence-electron chi connectivity index (χ3n) is 26.2. The van der Waals surface area contributed by atoms with Crippen molar-refractivity contribution in [3.05, 3.63) is 36.5 Å². The zero-order chi connectivity index (χ0) is 53.2. The normalized spacial score (nSPS) is 52.8. The molecule has 0 aromatic carbocycles. The van der Waals surface area contributed by atoms with Crippen molar-refractivity contribution in [1.29, 1.82) is 0 Å². The number of allylic oxidation sites excluding steroid dienone is 2. The quantitative estimate of drug-likeness (QED) is 0.159. The van der Waals surface area contributed by atoms with Crippen molar-refractivity contribution in [2.75, 3.05) is 11.9 Å². The predicted molar refractivity (Wildman–Crippen MR) is 299 cm³/mol. The Morgan fingerprint density at radius 2 is 0.743 bits per heavy atom. The molecule has 8 heteroatoms. The first-order valence-corrected chi connectivity index (χ1v) is 31.8. The van der Waals surface area contributed by atoms with E-state index in [0.29, 0.717) is 130 Å². The molecule has 0 aromatic heterocycles. The molecule has 0 aromatic rings. The van der Waals surface area contributed by atoms with Gasteiger partial charge in [-0.25, -0.2) is 0 Å². The number of ketones is 3. The number of hydrogen-bond acceptors (Lipinski definition) is 7. The lowest BCUT2D eigenvalue weighted by Gasteiger charge is -2.56. The van der Waals surface area contributed by atoms with Crippen molar-refractivity contribution < 1.29 is 34.8 Å². The highest BCUT2D eigenvalue weighted by atomic mass is 79.9. The molecule has 0 heterocycles. The van der Waals surface area contributed by atoms with E-state index in [1.54, 1.807) is 0 Å². The van der Waals surface area contributed by atoms with Crippen LogP contribution in [0.25, 0.3) is 0 Å². The van der Waals surface area contributed by atoms with Crippen molar-refractivity contribution in [3.8, 4) is 0 Å². The Hall–Kier alpha value is -1.45. The second-order valence-electron chi connectivity index (χ2n) is 30.3. The van der Waals surface area contributed by atoms with Crippen LogP contribution in [0.5, 0.6) is 0 Å². The van der Waals surface area contributed by atoms with Gasteiger partial charge in [-0.2, -0.15) is 0 Å². The Morgan fingerprint density at radius 3 is 1.05 bits per heavy atom. The lowest BCUT2D eigenvalue weighted by molar-refractivity contribution is -0.149. The maximum absolute atomic E-state index is 13.0. The topological polar surface area (TPSA) is 132 Å². The lowest BCUT2D eigenvalue weighted by atomic mass is 9.48. The molecule has 0 unspecified atom stereocenters. The Kier molecular flexibility index (Phi) is 15.3. The molecule has 24 atom stereocenters. The molecule has 0 spiro atoms. The lowest BCUT2D eigenvalue weighted by Crippen LogP contribution is -2.53. The number of hydrogen-bond donors (Lipinski definition) is 4. The van der Waals surface area contributed by atoms with Crippen LogP contribution in [0.4, 0.5) is 0 Å². The predicted octanol–water partition coefficient (Wildman–Crippen LogP) is 13.6. The molecule has 0 radical (unpaired) electrons. The third-order valence-corrected chi connectivity index (χ3v) is 26.9. The van der Waals surface area contributed by atoms with E-state index in [1.807, 2.05) is 20.8 Å². The smallest absolute Gasteiger partial charge is 0.136 e. The molecule has 0 bridgehead atoms. The van der Waals surface area contributed by atoms with Gasteiger partial charge in [0.25, 0.3) is 0 Å². The summed E-state index contributed by atoms with van der Waals surface area (Å²) < 4.78 is 0. The third kappa shape index (κ3) is 9.60. The number of halogens is 1. The van der Waals surface area contributed by atoms with Crippen LogP contribution in [0.1, 0.15) is 203 Å². The summed E-state index contributed by atoms with van der Waals surface area (Å²) in [6, 6.07) is 0. The first kappa shape index (κ1) is 55.8. The molecule has 7 nitrogen and oxygen atoms in total. The van der Waals surface area contributed by atoms with Gasteiger partial charge in [-0.3, -0.25) is 14.4 Å². The van der Waals surface area contributed by atoms with Crippen LogP contribution < -0.4 is 0 Å². The maximum Gasteiger partial charge on any atom is 0.136 e. The van der Waals surface area contributed by atoms with Gasteiger partial charge in [0.15, 0.2) is 0 Å². The minimum absolute atomic E-state index is 0.0963. The fourth-order valence-electron chi connectivity index (χ4n) is 22.7. The van der Waals surface area contributed by atoms with E-state index in [9.17, 15) is 34.8 Å². The summed E-state index contributed by atoms with van der Waals surface area (Å²) in [4.78, 5) is 38.9. The SMILES string of the molecule is C=C(C)[C@H]1CC[C@H]2[C@@H]3CC(=O)[C@H]4C[C@](C)(O)CC[C@@H]4[C@H]3CC[C@]12C.C=C(CBr)[C@H]1CC[C@H]2[C@@H]3CC(=O)[C@H]4C[C@](C)(O)CC[C@@H]4[C@H]3CC[C@]12C.C=C(CO)[C@H]1CC[C@H]2[C@@H]3CC(=O)[C@H]4C[C@](C)(O)CC[C@@H]4[C@H]3CC[C@]12C. The molecule has 414 valence electrons. The Morgan fingerprint density at radius 1 is 0.446 bits per heavy atom. The minimum atomic E-state index is -0.649. The Labute approximate surface area is 456 Å². The number of carbonyl (C=O) groups excluding carboxylic acids is 3. The number of alkyl halides is 1. The maximum atomic E-state index is 13.0. The molecule has 4 N–H and O–H groups in total. The van der Waals surface area contributed by atoms with Crippen LogP contribution in [0, 0.1) is 123 Å². The van der Waals surface area contributed by atoms with Gasteiger partial charge in [-0.05, 0) is 273 Å². The van der Waals surface area contributed by atoms with E-state index >= 15 is 0 Å². The van der Waals surface area contributed by atoms with Crippen LogP contribution in [0.2, 0.25) is 0 Å². The summed E-state index contributed by atoms with van der Waals surface area (Å²) in [5, 5.41) is 41.9. The molecular formula is C66H101BrO7. The highest BCUT2D eigenvalue weighted by Crippen LogP contribution is 2.68. The van der Waals surface area contributed by atoms with E-state index in [1.165, 1.54) is 81.8 Å². The van der Waals surface area contributed by atoms with Crippen molar-refractivity contribution in [2.24, 2.45) is 123 Å². The summed E-state index contributed by atoms with van der Waals surface area (Å²) in [6.07, 6.45) is 25.1. The van der Waals surface area contributed by atoms with Crippen LogP contribution in [0.3, 0.4) is 0 Å². The van der Waals surface area contributed by atoms with Crippen LogP contribution in [-0.4, -0.2) is 66.5 Å².